The third-order valence-corrected chi connectivity index (χ3v) is 7.22. The maximum absolute atomic E-state index is 13.0. The highest BCUT2D eigenvalue weighted by molar-refractivity contribution is 7.87. The Bertz CT molecular complexity index is 1900. The molecule has 0 fully saturated rings. The van der Waals surface area contributed by atoms with Crippen LogP contribution in [0.5, 0.6) is 11.5 Å². The molecule has 0 aliphatic heterocycles. The van der Waals surface area contributed by atoms with Crippen LogP contribution in [0.2, 0.25) is 0 Å². The molecule has 0 radical (unpaired) electrons. The first kappa shape index (κ1) is 33.9. The van der Waals surface area contributed by atoms with Crippen LogP contribution in [0.25, 0.3) is 21.5 Å². The lowest BCUT2D eigenvalue weighted by atomic mass is 10.1. The molecular formula is C31H19F7O7S. The number of esters is 2. The van der Waals surface area contributed by atoms with Crippen LogP contribution >= 0.6 is 0 Å². The summed E-state index contributed by atoms with van der Waals surface area (Å²) >= 11 is 0. The molecule has 0 amide bonds. The highest BCUT2D eigenvalue weighted by Crippen LogP contribution is 2.48. The van der Waals surface area contributed by atoms with Gasteiger partial charge in [0.25, 0.3) is 0 Å². The molecule has 1 N–H and O–H groups in total. The fourth-order valence-corrected chi connectivity index (χ4v) is 4.48. The standard InChI is InChI=1S/C28H18O4.C3HF7O3S/c29-27(31-25-17-7-11-19-9-1-3-13-21(19)25)23-15-5-6-16-24(23)28(30)32-26-18-8-12-20-10-2-4-14-22(20)26;4-1(5,2(6,7)8)3(9,10)14(11,12)13/h1-18H;(H,11,12,13). The third kappa shape index (κ3) is 6.79. The zero-order valence-electron chi connectivity index (χ0n) is 22.8. The average molecular weight is 669 g/mol. The quantitative estimate of drug-likeness (QED) is 0.0844. The fourth-order valence-electron chi connectivity index (χ4n) is 4.05. The smallest absolute Gasteiger partial charge is 0.422 e. The Labute approximate surface area is 255 Å². The van der Waals surface area contributed by atoms with E-state index in [-0.39, 0.29) is 11.1 Å². The summed E-state index contributed by atoms with van der Waals surface area (Å²) in [6.07, 6.45) is -6.79. The van der Waals surface area contributed by atoms with E-state index in [0.29, 0.717) is 11.5 Å². The van der Waals surface area contributed by atoms with Gasteiger partial charge in [-0.05, 0) is 35.0 Å². The summed E-state index contributed by atoms with van der Waals surface area (Å²) in [6.45, 7) is 0. The van der Waals surface area contributed by atoms with Crippen molar-refractivity contribution in [1.82, 2.24) is 0 Å². The van der Waals surface area contributed by atoms with Gasteiger partial charge in [-0.2, -0.15) is 39.2 Å². The predicted molar refractivity (Wildman–Crippen MR) is 152 cm³/mol. The highest BCUT2D eigenvalue weighted by Gasteiger charge is 2.78. The summed E-state index contributed by atoms with van der Waals surface area (Å²) in [6, 6.07) is 32.8. The fraction of sp³-hybridized carbons (Fsp3) is 0.0968. The van der Waals surface area contributed by atoms with Crippen LogP contribution in [0.15, 0.2) is 109 Å². The molecule has 0 aliphatic carbocycles. The second-order valence-corrected chi connectivity index (χ2v) is 10.8. The number of carbonyl (C=O) groups is 2. The van der Waals surface area contributed by atoms with E-state index in [0.717, 1.165) is 21.5 Å². The molecule has 15 heteroatoms. The molecule has 0 spiro atoms. The molecule has 0 saturated heterocycles. The molecule has 5 rings (SSSR count). The molecular weight excluding hydrogens is 649 g/mol. The van der Waals surface area contributed by atoms with Gasteiger partial charge in [0.1, 0.15) is 11.5 Å². The van der Waals surface area contributed by atoms with Gasteiger partial charge in [-0.25, -0.2) is 9.59 Å². The molecule has 0 atom stereocenters. The van der Waals surface area contributed by atoms with Crippen LogP contribution in [0.3, 0.4) is 0 Å². The number of hydrogen-bond acceptors (Lipinski definition) is 6. The zero-order valence-corrected chi connectivity index (χ0v) is 23.7. The van der Waals surface area contributed by atoms with Gasteiger partial charge in [0, 0.05) is 10.8 Å². The molecule has 7 nitrogen and oxygen atoms in total. The number of benzene rings is 5. The normalized spacial score (nSPS) is 12.3. The molecule has 0 bridgehead atoms. The molecule has 0 aromatic heterocycles. The van der Waals surface area contributed by atoms with Crippen molar-refractivity contribution in [3.8, 4) is 11.5 Å². The first-order chi connectivity index (χ1) is 21.5. The topological polar surface area (TPSA) is 107 Å². The van der Waals surface area contributed by atoms with E-state index in [1.54, 1.807) is 36.4 Å². The number of alkyl halides is 7. The van der Waals surface area contributed by atoms with E-state index in [2.05, 4.69) is 0 Å². The first-order valence-corrected chi connectivity index (χ1v) is 14.2. The lowest BCUT2D eigenvalue weighted by Crippen LogP contribution is -2.55. The Morgan fingerprint density at radius 2 is 0.891 bits per heavy atom. The Kier molecular flexibility index (Phi) is 9.40. The molecule has 240 valence electrons. The van der Waals surface area contributed by atoms with Crippen molar-refractivity contribution in [2.24, 2.45) is 0 Å². The van der Waals surface area contributed by atoms with Crippen molar-refractivity contribution in [3.63, 3.8) is 0 Å². The van der Waals surface area contributed by atoms with Crippen LogP contribution in [0.4, 0.5) is 30.7 Å². The van der Waals surface area contributed by atoms with Crippen LogP contribution in [0, 0.1) is 0 Å². The van der Waals surface area contributed by atoms with Gasteiger partial charge in [-0.1, -0.05) is 84.9 Å². The van der Waals surface area contributed by atoms with E-state index in [1.807, 2.05) is 72.8 Å². The second-order valence-electron chi connectivity index (χ2n) is 9.34. The number of carbonyl (C=O) groups excluding carboxylic acids is 2. The minimum atomic E-state index is -6.85. The Balaban J connectivity index is 0.000000292. The van der Waals surface area contributed by atoms with Crippen LogP contribution in [-0.2, 0) is 10.1 Å². The van der Waals surface area contributed by atoms with E-state index < -0.39 is 39.4 Å². The maximum atomic E-state index is 13.0. The monoisotopic (exact) mass is 668 g/mol. The summed E-state index contributed by atoms with van der Waals surface area (Å²) in [4.78, 5) is 26.0. The van der Waals surface area contributed by atoms with E-state index in [1.165, 1.54) is 0 Å². The summed E-state index contributed by atoms with van der Waals surface area (Å²) in [7, 11) is -6.85. The van der Waals surface area contributed by atoms with Crippen molar-refractivity contribution in [2.75, 3.05) is 0 Å². The minimum absolute atomic E-state index is 0.144. The lowest BCUT2D eigenvalue weighted by Gasteiger charge is -2.25. The highest BCUT2D eigenvalue weighted by atomic mass is 32.2. The molecule has 5 aromatic carbocycles. The van der Waals surface area contributed by atoms with Gasteiger partial charge in [-0.3, -0.25) is 4.55 Å². The van der Waals surface area contributed by atoms with Crippen molar-refractivity contribution in [1.29, 1.82) is 0 Å². The van der Waals surface area contributed by atoms with Crippen LogP contribution in [-0.4, -0.2) is 42.3 Å². The number of halogens is 7. The van der Waals surface area contributed by atoms with Crippen LogP contribution < -0.4 is 9.47 Å². The van der Waals surface area contributed by atoms with Gasteiger partial charge in [-0.15, -0.1) is 0 Å². The first-order valence-electron chi connectivity index (χ1n) is 12.7. The van der Waals surface area contributed by atoms with Gasteiger partial charge in [0.2, 0.25) is 0 Å². The van der Waals surface area contributed by atoms with Crippen LogP contribution in [0.1, 0.15) is 20.7 Å². The Morgan fingerprint density at radius 3 is 1.24 bits per heavy atom. The largest absolute Gasteiger partial charge is 0.461 e. The number of fused-ring (bicyclic) bond motifs is 2. The molecule has 46 heavy (non-hydrogen) atoms. The van der Waals surface area contributed by atoms with Crippen molar-refractivity contribution < 1.29 is 62.8 Å². The van der Waals surface area contributed by atoms with Crippen molar-refractivity contribution in [2.45, 2.75) is 17.4 Å². The second kappa shape index (κ2) is 12.8. The van der Waals surface area contributed by atoms with Crippen molar-refractivity contribution in [3.05, 3.63) is 120 Å². The van der Waals surface area contributed by atoms with E-state index in [4.69, 9.17) is 14.0 Å². The minimum Gasteiger partial charge on any atom is -0.422 e. The van der Waals surface area contributed by atoms with E-state index >= 15 is 0 Å². The molecule has 0 heterocycles. The average Bonchev–Trinajstić information content (AvgIpc) is 3.00. The number of ether oxygens (including phenoxy) is 2. The van der Waals surface area contributed by atoms with Gasteiger partial charge >= 0.3 is 39.4 Å². The summed E-state index contributed by atoms with van der Waals surface area (Å²) < 4.78 is 119. The van der Waals surface area contributed by atoms with Crippen molar-refractivity contribution >= 4 is 43.6 Å². The zero-order chi connectivity index (χ0) is 33.9. The third-order valence-electron chi connectivity index (χ3n) is 6.32. The molecule has 5 aromatic rings. The molecule has 0 aliphatic rings. The molecule has 0 saturated carbocycles. The summed E-state index contributed by atoms with van der Waals surface area (Å²) in [5.74, 6) is -7.22. The molecule has 0 unspecified atom stereocenters. The lowest BCUT2D eigenvalue weighted by molar-refractivity contribution is -0.333. The Hall–Kier alpha value is -5.02. The van der Waals surface area contributed by atoms with E-state index in [9.17, 15) is 48.7 Å². The summed E-state index contributed by atoms with van der Waals surface area (Å²) in [5.41, 5.74) is 0.288. The maximum Gasteiger partial charge on any atom is 0.461 e. The van der Waals surface area contributed by atoms with Gasteiger partial charge in [0.15, 0.2) is 0 Å². The SMILES string of the molecule is O=C(Oc1cccc2ccccc12)c1ccccc1C(=O)Oc1cccc2ccccc12.O=S(=O)(O)C(F)(F)C(F)(F)C(F)(F)F. The predicted octanol–water partition coefficient (Wildman–Crippen LogP) is 8.10. The number of rotatable bonds is 6. The van der Waals surface area contributed by atoms with Gasteiger partial charge < -0.3 is 9.47 Å². The summed E-state index contributed by atoms with van der Waals surface area (Å²) in [5, 5.41) is -3.06. The Morgan fingerprint density at radius 1 is 0.543 bits per heavy atom. The number of hydrogen-bond donors (Lipinski definition) is 1. The van der Waals surface area contributed by atoms with Gasteiger partial charge in [0.05, 0.1) is 11.1 Å².